The van der Waals surface area contributed by atoms with E-state index < -0.39 is 24.1 Å². The first-order valence-corrected chi connectivity index (χ1v) is 12.0. The summed E-state index contributed by atoms with van der Waals surface area (Å²) in [6, 6.07) is 22.4. The second-order valence-corrected chi connectivity index (χ2v) is 8.90. The number of nitrogens with zero attached hydrogens (tertiary/aromatic N) is 3. The Bertz CT molecular complexity index is 1170. The highest BCUT2D eigenvalue weighted by atomic mass is 16.3. The Morgan fingerprint density at radius 2 is 1.67 bits per heavy atom. The molecule has 8 heteroatoms. The van der Waals surface area contributed by atoms with E-state index in [-0.39, 0.29) is 24.7 Å². The Kier molecular flexibility index (Phi) is 8.07. The van der Waals surface area contributed by atoms with E-state index in [0.717, 1.165) is 11.1 Å². The van der Waals surface area contributed by atoms with Gasteiger partial charge in [0.15, 0.2) is 6.10 Å². The fourth-order valence-electron chi connectivity index (χ4n) is 4.41. The average Bonchev–Trinajstić information content (AvgIpc) is 3.28. The van der Waals surface area contributed by atoms with Crippen LogP contribution in [0.4, 0.5) is 5.82 Å². The largest absolute Gasteiger partial charge is 0.381 e. The first-order chi connectivity index (χ1) is 17.4. The molecule has 4 rings (SSSR count). The van der Waals surface area contributed by atoms with Crippen LogP contribution < -0.4 is 10.2 Å². The van der Waals surface area contributed by atoms with Gasteiger partial charge in [0, 0.05) is 26.2 Å². The molecule has 8 nitrogen and oxygen atoms in total. The highest BCUT2D eigenvalue weighted by molar-refractivity contribution is 5.96. The smallest absolute Gasteiger partial charge is 0.258 e. The van der Waals surface area contributed by atoms with Crippen molar-refractivity contribution in [2.24, 2.45) is 0 Å². The first-order valence-electron chi connectivity index (χ1n) is 12.0. The molecule has 1 aromatic heterocycles. The lowest BCUT2D eigenvalue weighted by atomic mass is 9.99. The van der Waals surface area contributed by atoms with Crippen LogP contribution in [0.2, 0.25) is 0 Å². The Hall–Kier alpha value is -4.04. The SMILES string of the molecule is CN(C(=O)C(O)C(Cc1ccccc1)NC(=O)[C@H]1CCC(=O)N1Cc1ccccc1)c1ccccn1. The van der Waals surface area contributed by atoms with E-state index in [1.165, 1.54) is 11.9 Å². The lowest BCUT2D eigenvalue weighted by Crippen LogP contribution is -2.55. The van der Waals surface area contributed by atoms with E-state index in [1.807, 2.05) is 60.7 Å². The lowest BCUT2D eigenvalue weighted by molar-refractivity contribution is -0.137. The number of nitrogens with one attached hydrogen (secondary N) is 1. The summed E-state index contributed by atoms with van der Waals surface area (Å²) >= 11 is 0. The third-order valence-corrected chi connectivity index (χ3v) is 6.41. The van der Waals surface area contributed by atoms with Gasteiger partial charge in [-0.05, 0) is 36.1 Å². The third kappa shape index (κ3) is 5.95. The van der Waals surface area contributed by atoms with Crippen molar-refractivity contribution in [1.82, 2.24) is 15.2 Å². The number of benzene rings is 2. The molecule has 3 amide bonds. The minimum absolute atomic E-state index is 0.0925. The van der Waals surface area contributed by atoms with Crippen molar-refractivity contribution in [3.05, 3.63) is 96.2 Å². The lowest BCUT2D eigenvalue weighted by Gasteiger charge is -2.30. The van der Waals surface area contributed by atoms with Crippen molar-refractivity contribution < 1.29 is 19.5 Å². The standard InChI is InChI=1S/C28H30N4O4/c1-31(24-14-8-9-17-29-24)28(36)26(34)22(18-20-10-4-2-5-11-20)30-27(35)23-15-16-25(33)32(23)19-21-12-6-3-7-13-21/h2-14,17,22-23,26,34H,15-16,18-19H2,1H3,(H,30,35)/t22?,23-,26?/m1/s1. The van der Waals surface area contributed by atoms with Crippen LogP contribution in [-0.2, 0) is 27.3 Å². The topological polar surface area (TPSA) is 103 Å². The summed E-state index contributed by atoms with van der Waals surface area (Å²) in [5.41, 5.74) is 1.79. The van der Waals surface area contributed by atoms with Gasteiger partial charge in [0.25, 0.3) is 5.91 Å². The van der Waals surface area contributed by atoms with E-state index in [1.54, 1.807) is 29.3 Å². The maximum atomic E-state index is 13.4. The quantitative estimate of drug-likeness (QED) is 0.483. The second kappa shape index (κ2) is 11.6. The summed E-state index contributed by atoms with van der Waals surface area (Å²) < 4.78 is 0. The number of pyridine rings is 1. The normalized spacial score (nSPS) is 16.9. The molecule has 36 heavy (non-hydrogen) atoms. The zero-order valence-corrected chi connectivity index (χ0v) is 20.2. The van der Waals surface area contributed by atoms with Crippen LogP contribution in [0.5, 0.6) is 0 Å². The molecule has 3 aromatic rings. The van der Waals surface area contributed by atoms with E-state index in [9.17, 15) is 19.5 Å². The van der Waals surface area contributed by atoms with Crippen LogP contribution in [0.3, 0.4) is 0 Å². The number of carbonyl (C=O) groups excluding carboxylic acids is 3. The van der Waals surface area contributed by atoms with Gasteiger partial charge in [-0.3, -0.25) is 19.3 Å². The summed E-state index contributed by atoms with van der Waals surface area (Å²) in [5, 5.41) is 14.0. The maximum absolute atomic E-state index is 13.4. The molecular weight excluding hydrogens is 456 g/mol. The van der Waals surface area contributed by atoms with Crippen LogP contribution in [0, 0.1) is 0 Å². The summed E-state index contributed by atoms with van der Waals surface area (Å²) in [6.07, 6.45) is 0.953. The number of aliphatic hydroxyl groups is 1. The molecule has 0 aliphatic carbocycles. The molecule has 2 heterocycles. The number of rotatable bonds is 9. The third-order valence-electron chi connectivity index (χ3n) is 6.41. The molecule has 0 spiro atoms. The predicted octanol–water partition coefficient (Wildman–Crippen LogP) is 2.32. The monoisotopic (exact) mass is 486 g/mol. The fraction of sp³-hybridized carbons (Fsp3) is 0.286. The molecule has 1 aliphatic heterocycles. The van der Waals surface area contributed by atoms with Gasteiger partial charge in [0.1, 0.15) is 11.9 Å². The van der Waals surface area contributed by atoms with Gasteiger partial charge in [0.05, 0.1) is 6.04 Å². The van der Waals surface area contributed by atoms with Crippen molar-refractivity contribution in [2.45, 2.75) is 44.0 Å². The maximum Gasteiger partial charge on any atom is 0.258 e. The fourth-order valence-corrected chi connectivity index (χ4v) is 4.41. The summed E-state index contributed by atoms with van der Waals surface area (Å²) in [6.45, 7) is 0.324. The summed E-state index contributed by atoms with van der Waals surface area (Å²) in [4.78, 5) is 46.2. The van der Waals surface area contributed by atoms with Crippen molar-refractivity contribution in [2.75, 3.05) is 11.9 Å². The number of hydrogen-bond donors (Lipinski definition) is 2. The number of likely N-dealkylation sites (N-methyl/N-ethyl adjacent to an activating group) is 1. The van der Waals surface area contributed by atoms with Gasteiger partial charge in [0.2, 0.25) is 11.8 Å². The number of amides is 3. The van der Waals surface area contributed by atoms with E-state index in [4.69, 9.17) is 0 Å². The van der Waals surface area contributed by atoms with Crippen LogP contribution >= 0.6 is 0 Å². The molecule has 0 radical (unpaired) electrons. The number of carbonyl (C=O) groups is 3. The van der Waals surface area contributed by atoms with Crippen molar-refractivity contribution in [3.63, 3.8) is 0 Å². The molecule has 2 unspecified atom stereocenters. The first kappa shape index (κ1) is 25.1. The highest BCUT2D eigenvalue weighted by Crippen LogP contribution is 2.22. The van der Waals surface area contributed by atoms with Crippen LogP contribution in [0.25, 0.3) is 0 Å². The highest BCUT2D eigenvalue weighted by Gasteiger charge is 2.38. The van der Waals surface area contributed by atoms with Crippen molar-refractivity contribution in [1.29, 1.82) is 0 Å². The average molecular weight is 487 g/mol. The minimum atomic E-state index is -1.51. The van der Waals surface area contributed by atoms with Crippen molar-refractivity contribution in [3.8, 4) is 0 Å². The molecule has 186 valence electrons. The van der Waals surface area contributed by atoms with Gasteiger partial charge in [-0.15, -0.1) is 0 Å². The number of anilines is 1. The molecule has 1 aliphatic rings. The Morgan fingerprint density at radius 3 is 2.31 bits per heavy atom. The van der Waals surface area contributed by atoms with Crippen LogP contribution in [-0.4, -0.2) is 57.9 Å². The molecule has 0 bridgehead atoms. The van der Waals surface area contributed by atoms with Gasteiger partial charge < -0.3 is 15.3 Å². The van der Waals surface area contributed by atoms with E-state index in [2.05, 4.69) is 10.3 Å². The van der Waals surface area contributed by atoms with Crippen molar-refractivity contribution >= 4 is 23.5 Å². The van der Waals surface area contributed by atoms with Crippen LogP contribution in [0.1, 0.15) is 24.0 Å². The van der Waals surface area contributed by atoms with Gasteiger partial charge in [-0.1, -0.05) is 66.7 Å². The van der Waals surface area contributed by atoms with E-state index in [0.29, 0.717) is 18.8 Å². The Labute approximate surface area is 210 Å². The second-order valence-electron chi connectivity index (χ2n) is 8.90. The van der Waals surface area contributed by atoms with E-state index >= 15 is 0 Å². The molecule has 3 atom stereocenters. The molecular formula is C28H30N4O4. The Balaban J connectivity index is 1.52. The summed E-state index contributed by atoms with van der Waals surface area (Å²) in [7, 11) is 1.53. The molecule has 2 N–H and O–H groups in total. The van der Waals surface area contributed by atoms with Crippen LogP contribution in [0.15, 0.2) is 85.1 Å². The number of aromatic nitrogens is 1. The summed E-state index contributed by atoms with van der Waals surface area (Å²) in [5.74, 6) is -0.671. The number of hydrogen-bond acceptors (Lipinski definition) is 5. The predicted molar refractivity (Wildman–Crippen MR) is 136 cm³/mol. The number of likely N-dealkylation sites (tertiary alicyclic amines) is 1. The van der Waals surface area contributed by atoms with Gasteiger partial charge in [-0.2, -0.15) is 0 Å². The molecule has 2 aromatic carbocycles. The molecule has 1 saturated heterocycles. The van der Waals surface area contributed by atoms with Gasteiger partial charge in [-0.25, -0.2) is 4.98 Å². The minimum Gasteiger partial charge on any atom is -0.381 e. The van der Waals surface area contributed by atoms with Gasteiger partial charge >= 0.3 is 0 Å². The zero-order valence-electron chi connectivity index (χ0n) is 20.2. The zero-order chi connectivity index (χ0) is 25.5. The number of aliphatic hydroxyl groups excluding tert-OH is 1. The Morgan fingerprint density at radius 1 is 1.03 bits per heavy atom. The molecule has 0 saturated carbocycles. The molecule has 1 fully saturated rings.